The quantitative estimate of drug-likeness (QED) is 0.660. The summed E-state index contributed by atoms with van der Waals surface area (Å²) in [4.78, 5) is 12.8. The van der Waals surface area contributed by atoms with E-state index in [1.54, 1.807) is 6.07 Å². The van der Waals surface area contributed by atoms with Crippen molar-refractivity contribution in [2.75, 3.05) is 0 Å². The number of pyridine rings is 1. The Morgan fingerprint density at radius 2 is 2.07 bits per heavy atom. The van der Waals surface area contributed by atoms with E-state index < -0.39 is 11.7 Å². The smallest absolute Gasteiger partial charge is 0.346 e. The largest absolute Gasteiger partial charge is 0.416 e. The molecular formula is C21H21F3N4O. The molecule has 0 spiro atoms. The normalized spacial score (nSPS) is 19.9. The van der Waals surface area contributed by atoms with Gasteiger partial charge in [0.2, 0.25) is 5.91 Å². The van der Waals surface area contributed by atoms with Crippen molar-refractivity contribution in [2.24, 2.45) is 5.92 Å². The van der Waals surface area contributed by atoms with Crippen molar-refractivity contribution in [1.82, 2.24) is 19.9 Å². The Morgan fingerprint density at radius 3 is 2.83 bits per heavy atom. The molecule has 1 amide bonds. The Bertz CT molecular complexity index is 1030. The van der Waals surface area contributed by atoms with E-state index in [1.165, 1.54) is 6.07 Å². The maximum atomic E-state index is 13.0. The molecule has 0 radical (unpaired) electrons. The van der Waals surface area contributed by atoms with E-state index in [0.717, 1.165) is 18.6 Å². The van der Waals surface area contributed by atoms with Gasteiger partial charge in [0, 0.05) is 12.1 Å². The molecular weight excluding hydrogens is 381 g/mol. The molecule has 152 valence electrons. The Balaban J connectivity index is 1.49. The summed E-state index contributed by atoms with van der Waals surface area (Å²) in [6, 6.07) is 10.5. The molecule has 2 aromatic heterocycles. The van der Waals surface area contributed by atoms with Crippen molar-refractivity contribution in [3.63, 3.8) is 0 Å². The number of aromatic nitrogens is 3. The number of alkyl halides is 3. The molecule has 29 heavy (non-hydrogen) atoms. The van der Waals surface area contributed by atoms with Gasteiger partial charge in [-0.25, -0.2) is 0 Å². The maximum Gasteiger partial charge on any atom is 0.416 e. The fourth-order valence-corrected chi connectivity index (χ4v) is 3.73. The number of carbonyl (C=O) groups is 1. The SMILES string of the molecule is CCCC(NC(=O)C1CC1c1cccc(C(F)(F)F)c1)c1nnc2ccccn12. The average molecular weight is 402 g/mol. The van der Waals surface area contributed by atoms with Gasteiger partial charge in [-0.3, -0.25) is 9.20 Å². The van der Waals surface area contributed by atoms with E-state index in [1.807, 2.05) is 35.7 Å². The standard InChI is InChI=1S/C21H21F3N4O/c1-2-6-17(19-27-26-18-9-3-4-10-28(18)19)25-20(29)16-12-15(16)13-7-5-8-14(11-13)21(22,23)24/h3-5,7-11,15-17H,2,6,12H2,1H3,(H,25,29). The van der Waals surface area contributed by atoms with Crippen molar-refractivity contribution in [3.05, 3.63) is 65.6 Å². The molecule has 3 aromatic rings. The van der Waals surface area contributed by atoms with E-state index in [-0.39, 0.29) is 23.8 Å². The fraction of sp³-hybridized carbons (Fsp3) is 0.381. The van der Waals surface area contributed by atoms with E-state index in [2.05, 4.69) is 15.5 Å². The van der Waals surface area contributed by atoms with Crippen LogP contribution in [0.25, 0.3) is 5.65 Å². The monoisotopic (exact) mass is 402 g/mol. The first kappa shape index (κ1) is 19.4. The van der Waals surface area contributed by atoms with Gasteiger partial charge in [-0.1, -0.05) is 37.6 Å². The van der Waals surface area contributed by atoms with Crippen molar-refractivity contribution in [1.29, 1.82) is 0 Å². The Morgan fingerprint density at radius 1 is 1.24 bits per heavy atom. The molecule has 3 unspecified atom stereocenters. The third kappa shape index (κ3) is 3.97. The van der Waals surface area contributed by atoms with Gasteiger partial charge < -0.3 is 5.32 Å². The van der Waals surface area contributed by atoms with E-state index >= 15 is 0 Å². The summed E-state index contributed by atoms with van der Waals surface area (Å²) in [5.41, 5.74) is 0.575. The molecule has 8 heteroatoms. The zero-order valence-electron chi connectivity index (χ0n) is 15.9. The van der Waals surface area contributed by atoms with Crippen molar-refractivity contribution < 1.29 is 18.0 Å². The Labute approximate surface area is 166 Å². The predicted octanol–water partition coefficient (Wildman–Crippen LogP) is 4.51. The number of halogens is 3. The third-order valence-corrected chi connectivity index (χ3v) is 5.31. The van der Waals surface area contributed by atoms with Crippen LogP contribution in [-0.2, 0) is 11.0 Å². The lowest BCUT2D eigenvalue weighted by atomic mass is 10.0. The number of benzene rings is 1. The highest BCUT2D eigenvalue weighted by molar-refractivity contribution is 5.83. The molecule has 1 aliphatic carbocycles. The lowest BCUT2D eigenvalue weighted by Gasteiger charge is -2.17. The predicted molar refractivity (Wildman–Crippen MR) is 101 cm³/mol. The number of hydrogen-bond donors (Lipinski definition) is 1. The molecule has 4 rings (SSSR count). The van der Waals surface area contributed by atoms with E-state index in [0.29, 0.717) is 29.9 Å². The van der Waals surface area contributed by atoms with Crippen LogP contribution < -0.4 is 5.32 Å². The first-order valence-electron chi connectivity index (χ1n) is 9.65. The van der Waals surface area contributed by atoms with Gasteiger partial charge >= 0.3 is 6.18 Å². The number of fused-ring (bicyclic) bond motifs is 1. The maximum absolute atomic E-state index is 13.0. The molecule has 1 fully saturated rings. The van der Waals surface area contributed by atoms with Crippen LogP contribution in [0, 0.1) is 5.92 Å². The number of nitrogens with one attached hydrogen (secondary N) is 1. The lowest BCUT2D eigenvalue weighted by molar-refractivity contribution is -0.137. The molecule has 0 aliphatic heterocycles. The summed E-state index contributed by atoms with van der Waals surface area (Å²) < 4.78 is 40.7. The number of carbonyl (C=O) groups excluding carboxylic acids is 1. The number of nitrogens with zero attached hydrogens (tertiary/aromatic N) is 3. The number of rotatable bonds is 6. The van der Waals surface area contributed by atoms with Crippen LogP contribution >= 0.6 is 0 Å². The number of hydrogen-bond acceptors (Lipinski definition) is 3. The minimum atomic E-state index is -4.39. The van der Waals surface area contributed by atoms with Crippen LogP contribution in [0.5, 0.6) is 0 Å². The van der Waals surface area contributed by atoms with E-state index in [9.17, 15) is 18.0 Å². The molecule has 0 saturated heterocycles. The fourth-order valence-electron chi connectivity index (χ4n) is 3.73. The van der Waals surface area contributed by atoms with Crippen LogP contribution in [0.4, 0.5) is 13.2 Å². The average Bonchev–Trinajstić information content (AvgIpc) is 3.39. The topological polar surface area (TPSA) is 59.3 Å². The third-order valence-electron chi connectivity index (χ3n) is 5.31. The van der Waals surface area contributed by atoms with Crippen LogP contribution in [0.2, 0.25) is 0 Å². The van der Waals surface area contributed by atoms with Gasteiger partial charge in [-0.05, 0) is 42.5 Å². The summed E-state index contributed by atoms with van der Waals surface area (Å²) in [7, 11) is 0. The summed E-state index contributed by atoms with van der Waals surface area (Å²) in [5.74, 6) is -0.00245. The van der Waals surface area contributed by atoms with Gasteiger partial charge in [0.05, 0.1) is 11.6 Å². The highest BCUT2D eigenvalue weighted by Gasteiger charge is 2.45. The second kappa shape index (κ2) is 7.50. The molecule has 0 bridgehead atoms. The van der Waals surface area contributed by atoms with Gasteiger partial charge in [0.25, 0.3) is 0 Å². The number of amides is 1. The van der Waals surface area contributed by atoms with Crippen LogP contribution in [0.15, 0.2) is 48.7 Å². The summed E-state index contributed by atoms with van der Waals surface area (Å²) in [6.45, 7) is 2.02. The highest BCUT2D eigenvalue weighted by Crippen LogP contribution is 2.48. The molecule has 1 aromatic carbocycles. The molecule has 2 heterocycles. The van der Waals surface area contributed by atoms with Crippen molar-refractivity contribution in [2.45, 2.75) is 44.3 Å². The van der Waals surface area contributed by atoms with Crippen molar-refractivity contribution >= 4 is 11.6 Å². The molecule has 1 aliphatic rings. The minimum absolute atomic E-state index is 0.154. The van der Waals surface area contributed by atoms with Crippen LogP contribution in [-0.4, -0.2) is 20.5 Å². The Hall–Kier alpha value is -2.90. The van der Waals surface area contributed by atoms with Crippen molar-refractivity contribution in [3.8, 4) is 0 Å². The van der Waals surface area contributed by atoms with Gasteiger partial charge in [-0.15, -0.1) is 10.2 Å². The molecule has 1 N–H and O–H groups in total. The summed E-state index contributed by atoms with van der Waals surface area (Å²) in [6.07, 6.45) is -0.449. The second-order valence-electron chi connectivity index (χ2n) is 7.41. The van der Waals surface area contributed by atoms with Gasteiger partial charge in [0.15, 0.2) is 11.5 Å². The second-order valence-corrected chi connectivity index (χ2v) is 7.41. The first-order valence-corrected chi connectivity index (χ1v) is 9.65. The first-order chi connectivity index (χ1) is 13.9. The Kier molecular flexibility index (Phi) is 5.02. The highest BCUT2D eigenvalue weighted by atomic mass is 19.4. The van der Waals surface area contributed by atoms with Crippen LogP contribution in [0.3, 0.4) is 0 Å². The zero-order valence-corrected chi connectivity index (χ0v) is 15.9. The lowest BCUT2D eigenvalue weighted by Crippen LogP contribution is -2.31. The van der Waals surface area contributed by atoms with Gasteiger partial charge in [-0.2, -0.15) is 13.2 Å². The van der Waals surface area contributed by atoms with E-state index in [4.69, 9.17) is 0 Å². The molecule has 3 atom stereocenters. The molecule has 1 saturated carbocycles. The van der Waals surface area contributed by atoms with Crippen LogP contribution in [0.1, 0.15) is 55.1 Å². The summed E-state index contributed by atoms with van der Waals surface area (Å²) >= 11 is 0. The summed E-state index contributed by atoms with van der Waals surface area (Å²) in [5, 5.41) is 11.4. The van der Waals surface area contributed by atoms with Gasteiger partial charge in [0.1, 0.15) is 0 Å². The zero-order chi connectivity index (χ0) is 20.6. The minimum Gasteiger partial charge on any atom is -0.346 e. The molecule has 5 nitrogen and oxygen atoms in total.